The zero-order valence-corrected chi connectivity index (χ0v) is 11.6. The molecule has 0 saturated heterocycles. The van der Waals surface area contributed by atoms with Gasteiger partial charge in [0.15, 0.2) is 0 Å². The van der Waals surface area contributed by atoms with Gasteiger partial charge in [0, 0.05) is 19.1 Å². The van der Waals surface area contributed by atoms with Crippen LogP contribution >= 0.6 is 23.2 Å². The van der Waals surface area contributed by atoms with E-state index in [1.165, 1.54) is 0 Å². The Hall–Kier alpha value is -0.480. The molecule has 3 nitrogen and oxygen atoms in total. The van der Waals surface area contributed by atoms with E-state index in [0.717, 1.165) is 6.42 Å². The number of benzene rings is 1. The average molecular weight is 291 g/mol. The SMILES string of the molecule is CCCOC1C(O)CC1Oc1ccc(Cl)c(Cl)c1. The Morgan fingerprint density at radius 1 is 1.33 bits per heavy atom. The molecule has 2 rings (SSSR count). The van der Waals surface area contributed by atoms with Crippen molar-refractivity contribution in [3.63, 3.8) is 0 Å². The molecule has 1 fully saturated rings. The highest BCUT2D eigenvalue weighted by atomic mass is 35.5. The van der Waals surface area contributed by atoms with Crippen LogP contribution in [0, 0.1) is 0 Å². The second kappa shape index (κ2) is 6.11. The molecule has 1 N–H and O–H groups in total. The van der Waals surface area contributed by atoms with Crippen molar-refractivity contribution in [2.24, 2.45) is 0 Å². The Kier molecular flexibility index (Phi) is 4.73. The summed E-state index contributed by atoms with van der Waals surface area (Å²) in [5.74, 6) is 0.645. The van der Waals surface area contributed by atoms with E-state index in [-0.39, 0.29) is 12.2 Å². The van der Waals surface area contributed by atoms with E-state index in [0.29, 0.717) is 28.8 Å². The average Bonchev–Trinajstić information content (AvgIpc) is 2.33. The number of aliphatic hydroxyl groups excluding tert-OH is 1. The van der Waals surface area contributed by atoms with Crippen molar-refractivity contribution in [2.45, 2.75) is 38.1 Å². The van der Waals surface area contributed by atoms with Crippen LogP contribution in [0.5, 0.6) is 5.75 Å². The van der Waals surface area contributed by atoms with Crippen molar-refractivity contribution in [1.29, 1.82) is 0 Å². The van der Waals surface area contributed by atoms with E-state index in [9.17, 15) is 5.11 Å². The van der Waals surface area contributed by atoms with Crippen LogP contribution in [-0.4, -0.2) is 30.0 Å². The number of aliphatic hydroxyl groups is 1. The number of rotatable bonds is 5. The first-order valence-electron chi connectivity index (χ1n) is 6.03. The lowest BCUT2D eigenvalue weighted by Gasteiger charge is -2.40. The summed E-state index contributed by atoms with van der Waals surface area (Å²) in [7, 11) is 0. The third kappa shape index (κ3) is 3.09. The Labute approximate surface area is 117 Å². The first-order chi connectivity index (χ1) is 8.61. The molecule has 1 aliphatic rings. The third-order valence-electron chi connectivity index (χ3n) is 2.91. The van der Waals surface area contributed by atoms with Gasteiger partial charge in [0.25, 0.3) is 0 Å². The van der Waals surface area contributed by atoms with Gasteiger partial charge in [-0.25, -0.2) is 0 Å². The van der Waals surface area contributed by atoms with Crippen LogP contribution in [0.3, 0.4) is 0 Å². The normalized spacial score (nSPS) is 26.8. The van der Waals surface area contributed by atoms with Gasteiger partial charge >= 0.3 is 0 Å². The van der Waals surface area contributed by atoms with E-state index in [4.69, 9.17) is 32.7 Å². The third-order valence-corrected chi connectivity index (χ3v) is 3.65. The van der Waals surface area contributed by atoms with Crippen molar-refractivity contribution < 1.29 is 14.6 Å². The lowest BCUT2D eigenvalue weighted by Crippen LogP contribution is -2.55. The highest BCUT2D eigenvalue weighted by Gasteiger charge is 2.42. The maximum atomic E-state index is 9.63. The fourth-order valence-corrected chi connectivity index (χ4v) is 2.16. The van der Waals surface area contributed by atoms with Crippen molar-refractivity contribution >= 4 is 23.2 Å². The second-order valence-electron chi connectivity index (χ2n) is 4.37. The van der Waals surface area contributed by atoms with E-state index in [1.54, 1.807) is 18.2 Å². The van der Waals surface area contributed by atoms with Crippen molar-refractivity contribution in [1.82, 2.24) is 0 Å². The fourth-order valence-electron chi connectivity index (χ4n) is 1.87. The van der Waals surface area contributed by atoms with Gasteiger partial charge in [-0.2, -0.15) is 0 Å². The van der Waals surface area contributed by atoms with Crippen molar-refractivity contribution in [3.05, 3.63) is 28.2 Å². The molecule has 0 bridgehead atoms. The summed E-state index contributed by atoms with van der Waals surface area (Å²) in [6.45, 7) is 2.66. The Morgan fingerprint density at radius 2 is 2.11 bits per heavy atom. The van der Waals surface area contributed by atoms with E-state index >= 15 is 0 Å². The van der Waals surface area contributed by atoms with Crippen LogP contribution in [0.15, 0.2) is 18.2 Å². The molecule has 18 heavy (non-hydrogen) atoms. The largest absolute Gasteiger partial charge is 0.487 e. The molecule has 1 aromatic rings. The Bertz CT molecular complexity index is 411. The van der Waals surface area contributed by atoms with Gasteiger partial charge in [-0.15, -0.1) is 0 Å². The summed E-state index contributed by atoms with van der Waals surface area (Å²) < 4.78 is 11.3. The molecule has 0 spiro atoms. The zero-order chi connectivity index (χ0) is 13.1. The molecule has 0 aliphatic heterocycles. The maximum Gasteiger partial charge on any atom is 0.130 e. The van der Waals surface area contributed by atoms with Crippen LogP contribution in [-0.2, 0) is 4.74 Å². The van der Waals surface area contributed by atoms with Gasteiger partial charge in [0.1, 0.15) is 18.0 Å². The zero-order valence-electron chi connectivity index (χ0n) is 10.1. The molecule has 100 valence electrons. The van der Waals surface area contributed by atoms with Gasteiger partial charge in [0.05, 0.1) is 16.1 Å². The van der Waals surface area contributed by atoms with Crippen molar-refractivity contribution in [3.8, 4) is 5.75 Å². The van der Waals surface area contributed by atoms with Gasteiger partial charge in [-0.1, -0.05) is 30.1 Å². The van der Waals surface area contributed by atoms with E-state index in [2.05, 4.69) is 0 Å². The lowest BCUT2D eigenvalue weighted by atomic mass is 9.88. The minimum absolute atomic E-state index is 0.121. The predicted molar refractivity (Wildman–Crippen MR) is 71.5 cm³/mol. The number of hydrogen-bond donors (Lipinski definition) is 1. The molecule has 0 radical (unpaired) electrons. The van der Waals surface area contributed by atoms with Gasteiger partial charge < -0.3 is 14.6 Å². The fraction of sp³-hybridized carbons (Fsp3) is 0.538. The summed E-state index contributed by atoms with van der Waals surface area (Å²) in [4.78, 5) is 0. The van der Waals surface area contributed by atoms with E-state index in [1.807, 2.05) is 6.92 Å². The summed E-state index contributed by atoms with van der Waals surface area (Å²) >= 11 is 11.7. The van der Waals surface area contributed by atoms with E-state index < -0.39 is 6.10 Å². The van der Waals surface area contributed by atoms with Crippen molar-refractivity contribution in [2.75, 3.05) is 6.61 Å². The highest BCUT2D eigenvalue weighted by Crippen LogP contribution is 2.32. The van der Waals surface area contributed by atoms with Gasteiger partial charge in [-0.05, 0) is 18.6 Å². The maximum absolute atomic E-state index is 9.63. The Morgan fingerprint density at radius 3 is 2.72 bits per heavy atom. The van der Waals surface area contributed by atoms with Crippen LogP contribution in [0.4, 0.5) is 0 Å². The molecular weight excluding hydrogens is 275 g/mol. The molecule has 3 unspecified atom stereocenters. The number of hydrogen-bond acceptors (Lipinski definition) is 3. The van der Waals surface area contributed by atoms with Gasteiger partial charge in [-0.3, -0.25) is 0 Å². The van der Waals surface area contributed by atoms with Crippen LogP contribution in [0.1, 0.15) is 19.8 Å². The van der Waals surface area contributed by atoms with Crippen LogP contribution in [0.2, 0.25) is 10.0 Å². The summed E-state index contributed by atoms with van der Waals surface area (Å²) in [6.07, 6.45) is 0.685. The molecule has 0 aromatic heterocycles. The smallest absolute Gasteiger partial charge is 0.130 e. The predicted octanol–water partition coefficient (Wildman–Crippen LogP) is 3.30. The quantitative estimate of drug-likeness (QED) is 0.904. The first-order valence-corrected chi connectivity index (χ1v) is 6.78. The number of ether oxygens (including phenoxy) is 2. The molecule has 1 aromatic carbocycles. The molecular formula is C13H16Cl2O3. The summed E-state index contributed by atoms with van der Waals surface area (Å²) in [5.41, 5.74) is 0. The lowest BCUT2D eigenvalue weighted by molar-refractivity contribution is -0.162. The molecule has 0 heterocycles. The molecule has 1 saturated carbocycles. The van der Waals surface area contributed by atoms with Crippen LogP contribution in [0.25, 0.3) is 0 Å². The summed E-state index contributed by atoms with van der Waals surface area (Å²) in [6, 6.07) is 5.12. The number of halogens is 2. The first kappa shape index (κ1) is 13.9. The molecule has 3 atom stereocenters. The second-order valence-corrected chi connectivity index (χ2v) is 5.19. The molecule has 1 aliphatic carbocycles. The summed E-state index contributed by atoms with van der Waals surface area (Å²) in [5, 5.41) is 10.6. The standard InChI is InChI=1S/C13H16Cl2O3/c1-2-5-17-13-11(16)7-12(13)18-8-3-4-9(14)10(15)6-8/h3-4,6,11-13,16H,2,5,7H2,1H3. The monoisotopic (exact) mass is 290 g/mol. The highest BCUT2D eigenvalue weighted by molar-refractivity contribution is 6.42. The van der Waals surface area contributed by atoms with Gasteiger partial charge in [0.2, 0.25) is 0 Å². The topological polar surface area (TPSA) is 38.7 Å². The minimum atomic E-state index is -0.440. The minimum Gasteiger partial charge on any atom is -0.487 e. The molecule has 0 amide bonds. The Balaban J connectivity index is 1.94. The molecule has 5 heteroatoms. The van der Waals surface area contributed by atoms with Crippen LogP contribution < -0.4 is 4.74 Å².